The fourth-order valence-electron chi connectivity index (χ4n) is 2.45. The molecule has 134 valence electrons. The average Bonchev–Trinajstić information content (AvgIpc) is 3.19. The van der Waals surface area contributed by atoms with Gasteiger partial charge in [-0.15, -0.1) is 4.80 Å². The highest BCUT2D eigenvalue weighted by Gasteiger charge is 2.12. The minimum absolute atomic E-state index is 0.303. The van der Waals surface area contributed by atoms with Crippen molar-refractivity contribution in [3.63, 3.8) is 0 Å². The smallest absolute Gasteiger partial charge is 0.306 e. The van der Waals surface area contributed by atoms with Crippen molar-refractivity contribution in [1.29, 1.82) is 0 Å². The molecule has 0 radical (unpaired) electrons. The van der Waals surface area contributed by atoms with E-state index in [1.807, 2.05) is 24.3 Å². The summed E-state index contributed by atoms with van der Waals surface area (Å²) in [5, 5.41) is 14.6. The van der Waals surface area contributed by atoms with Crippen LogP contribution in [0.2, 0.25) is 5.02 Å². The van der Waals surface area contributed by atoms with Crippen LogP contribution in [0.25, 0.3) is 16.7 Å². The molecule has 0 fully saturated rings. The van der Waals surface area contributed by atoms with Gasteiger partial charge in [0.15, 0.2) is 5.82 Å². The standard InChI is InChI=1S/C17H11BrClN7O/c18-15-11-3-1-2-4-13(11)20-9-14(15)25-17(27)24-10-7-12(19)16(21-8-10)26-22-5-6-23-26/h1-9H,(H2,24,25,27). The Hall–Kier alpha value is -3.04. The van der Waals surface area contributed by atoms with Gasteiger partial charge in [-0.05, 0) is 28.1 Å². The molecule has 27 heavy (non-hydrogen) atoms. The quantitative estimate of drug-likeness (QED) is 0.492. The van der Waals surface area contributed by atoms with Gasteiger partial charge in [0.2, 0.25) is 0 Å². The van der Waals surface area contributed by atoms with Gasteiger partial charge >= 0.3 is 6.03 Å². The summed E-state index contributed by atoms with van der Waals surface area (Å²) in [6, 6.07) is 8.74. The molecule has 1 aromatic carbocycles. The molecule has 0 spiro atoms. The molecule has 0 aliphatic carbocycles. The number of hydrogen-bond acceptors (Lipinski definition) is 5. The minimum atomic E-state index is -0.449. The van der Waals surface area contributed by atoms with Crippen molar-refractivity contribution >= 4 is 55.8 Å². The first-order valence-corrected chi connectivity index (χ1v) is 8.92. The molecule has 0 atom stereocenters. The summed E-state index contributed by atoms with van der Waals surface area (Å²) < 4.78 is 0.750. The van der Waals surface area contributed by atoms with E-state index >= 15 is 0 Å². The fraction of sp³-hybridized carbons (Fsp3) is 0. The van der Waals surface area contributed by atoms with E-state index in [1.54, 1.807) is 12.3 Å². The zero-order chi connectivity index (χ0) is 18.8. The molecule has 8 nitrogen and oxygen atoms in total. The van der Waals surface area contributed by atoms with Crippen LogP contribution >= 0.6 is 27.5 Å². The second kappa shape index (κ2) is 7.29. The van der Waals surface area contributed by atoms with E-state index in [0.717, 1.165) is 15.4 Å². The van der Waals surface area contributed by atoms with Gasteiger partial charge in [0, 0.05) is 5.39 Å². The summed E-state index contributed by atoms with van der Waals surface area (Å²) >= 11 is 9.71. The molecule has 0 saturated heterocycles. The van der Waals surface area contributed by atoms with Gasteiger partial charge in [-0.1, -0.05) is 29.8 Å². The van der Waals surface area contributed by atoms with E-state index in [2.05, 4.69) is 46.7 Å². The number of anilines is 2. The number of aromatic nitrogens is 5. The lowest BCUT2D eigenvalue weighted by atomic mass is 10.2. The molecule has 4 rings (SSSR count). The number of pyridine rings is 2. The number of benzene rings is 1. The Morgan fingerprint density at radius 1 is 1.07 bits per heavy atom. The number of hydrogen-bond donors (Lipinski definition) is 2. The van der Waals surface area contributed by atoms with Gasteiger partial charge < -0.3 is 10.6 Å². The maximum absolute atomic E-state index is 12.3. The number of para-hydroxylation sites is 1. The van der Waals surface area contributed by atoms with Crippen LogP contribution in [0, 0.1) is 0 Å². The largest absolute Gasteiger partial charge is 0.323 e. The molecule has 4 aromatic rings. The number of fused-ring (bicyclic) bond motifs is 1. The third kappa shape index (κ3) is 3.60. The lowest BCUT2D eigenvalue weighted by Crippen LogP contribution is -2.20. The Bertz CT molecular complexity index is 1130. The van der Waals surface area contributed by atoms with Crippen LogP contribution in [0.1, 0.15) is 0 Å². The lowest BCUT2D eigenvalue weighted by Gasteiger charge is -2.11. The van der Waals surface area contributed by atoms with Gasteiger partial charge in [-0.3, -0.25) is 4.98 Å². The highest BCUT2D eigenvalue weighted by atomic mass is 79.9. The van der Waals surface area contributed by atoms with Gasteiger partial charge in [0.1, 0.15) is 0 Å². The predicted molar refractivity (Wildman–Crippen MR) is 106 cm³/mol. The van der Waals surface area contributed by atoms with Gasteiger partial charge in [0.05, 0.1) is 51.2 Å². The molecule has 2 N–H and O–H groups in total. The van der Waals surface area contributed by atoms with E-state index in [-0.39, 0.29) is 0 Å². The zero-order valence-corrected chi connectivity index (χ0v) is 15.9. The fourth-order valence-corrected chi connectivity index (χ4v) is 3.23. The number of rotatable bonds is 3. The predicted octanol–water partition coefficient (Wildman–Crippen LogP) is 4.27. The van der Waals surface area contributed by atoms with Crippen molar-refractivity contribution in [2.24, 2.45) is 0 Å². The minimum Gasteiger partial charge on any atom is -0.306 e. The Morgan fingerprint density at radius 3 is 2.63 bits per heavy atom. The van der Waals surface area contributed by atoms with Crippen LogP contribution in [0.15, 0.2) is 59.6 Å². The normalized spacial score (nSPS) is 10.7. The van der Waals surface area contributed by atoms with Crippen LogP contribution < -0.4 is 10.6 Å². The first-order chi connectivity index (χ1) is 13.1. The maximum Gasteiger partial charge on any atom is 0.323 e. The molecule has 0 unspecified atom stereocenters. The topological polar surface area (TPSA) is 97.6 Å². The van der Waals surface area contributed by atoms with Crippen molar-refractivity contribution in [2.75, 3.05) is 10.6 Å². The molecule has 0 bridgehead atoms. The third-order valence-corrected chi connectivity index (χ3v) is 4.78. The van der Waals surface area contributed by atoms with Crippen LogP contribution in [0.5, 0.6) is 0 Å². The summed E-state index contributed by atoms with van der Waals surface area (Å²) in [6.45, 7) is 0. The molecule has 2 amide bonds. The van der Waals surface area contributed by atoms with E-state index in [4.69, 9.17) is 11.6 Å². The van der Waals surface area contributed by atoms with Crippen molar-refractivity contribution in [3.05, 3.63) is 64.6 Å². The maximum atomic E-state index is 12.3. The van der Waals surface area contributed by atoms with Crippen LogP contribution in [0.3, 0.4) is 0 Å². The van der Waals surface area contributed by atoms with Crippen molar-refractivity contribution in [1.82, 2.24) is 25.0 Å². The van der Waals surface area contributed by atoms with Crippen LogP contribution in [0.4, 0.5) is 16.2 Å². The van der Waals surface area contributed by atoms with Crippen molar-refractivity contribution in [3.8, 4) is 5.82 Å². The van der Waals surface area contributed by atoms with Crippen molar-refractivity contribution in [2.45, 2.75) is 0 Å². The second-order valence-corrected chi connectivity index (χ2v) is 6.63. The molecule has 0 aliphatic rings. The number of carbonyl (C=O) groups is 1. The van der Waals surface area contributed by atoms with E-state index in [9.17, 15) is 4.79 Å². The highest BCUT2D eigenvalue weighted by molar-refractivity contribution is 9.10. The number of nitrogens with one attached hydrogen (secondary N) is 2. The molecule has 0 aliphatic heterocycles. The monoisotopic (exact) mass is 443 g/mol. The van der Waals surface area contributed by atoms with Crippen LogP contribution in [-0.2, 0) is 0 Å². The summed E-state index contributed by atoms with van der Waals surface area (Å²) in [6.07, 6.45) is 6.10. The lowest BCUT2D eigenvalue weighted by molar-refractivity contribution is 0.262. The first kappa shape index (κ1) is 17.4. The third-order valence-electron chi connectivity index (χ3n) is 3.65. The molecule has 3 aromatic heterocycles. The Morgan fingerprint density at radius 2 is 1.85 bits per heavy atom. The molecular weight excluding hydrogens is 434 g/mol. The molecule has 3 heterocycles. The van der Waals surface area contributed by atoms with Gasteiger partial charge in [-0.2, -0.15) is 10.2 Å². The second-order valence-electron chi connectivity index (χ2n) is 5.43. The molecule has 10 heteroatoms. The van der Waals surface area contributed by atoms with E-state index < -0.39 is 6.03 Å². The van der Waals surface area contributed by atoms with Gasteiger partial charge in [-0.25, -0.2) is 9.78 Å². The molecule has 0 saturated carbocycles. The summed E-state index contributed by atoms with van der Waals surface area (Å²) in [5.41, 5.74) is 1.80. The van der Waals surface area contributed by atoms with Crippen LogP contribution in [-0.4, -0.2) is 31.0 Å². The Labute approximate surface area is 166 Å². The van der Waals surface area contributed by atoms with Gasteiger partial charge in [0.25, 0.3) is 0 Å². The number of urea groups is 1. The highest BCUT2D eigenvalue weighted by Crippen LogP contribution is 2.29. The number of carbonyl (C=O) groups excluding carboxylic acids is 1. The van der Waals surface area contributed by atoms with E-state index in [0.29, 0.717) is 22.2 Å². The number of nitrogens with zero attached hydrogens (tertiary/aromatic N) is 5. The summed E-state index contributed by atoms with van der Waals surface area (Å²) in [7, 11) is 0. The average molecular weight is 445 g/mol. The summed E-state index contributed by atoms with van der Waals surface area (Å²) in [5.74, 6) is 0.370. The van der Waals surface area contributed by atoms with E-state index in [1.165, 1.54) is 23.4 Å². The number of amides is 2. The SMILES string of the molecule is O=C(Nc1cnc(-n2nccn2)c(Cl)c1)Nc1cnc2ccccc2c1Br. The van der Waals surface area contributed by atoms with Crippen molar-refractivity contribution < 1.29 is 4.79 Å². The Kier molecular flexibility index (Phi) is 4.69. The summed E-state index contributed by atoms with van der Waals surface area (Å²) in [4.78, 5) is 22.1. The molecular formula is C17H11BrClN7O. The first-order valence-electron chi connectivity index (χ1n) is 7.75. The number of halogens is 2. The zero-order valence-electron chi connectivity index (χ0n) is 13.6. The Balaban J connectivity index is 1.51.